The van der Waals surface area contributed by atoms with Crippen LogP contribution in [0, 0.1) is 5.92 Å². The molecule has 100 valence electrons. The average molecular weight is 266 g/mol. The Bertz CT molecular complexity index is 366. The van der Waals surface area contributed by atoms with E-state index in [-0.39, 0.29) is 13.2 Å². The second-order valence-corrected chi connectivity index (χ2v) is 5.50. The van der Waals surface area contributed by atoms with Gasteiger partial charge >= 0.3 is 5.97 Å². The van der Waals surface area contributed by atoms with Crippen molar-refractivity contribution in [3.63, 3.8) is 0 Å². The van der Waals surface area contributed by atoms with E-state index in [0.29, 0.717) is 13.1 Å². The van der Waals surface area contributed by atoms with Gasteiger partial charge in [0.25, 0.3) is 10.2 Å². The van der Waals surface area contributed by atoms with Gasteiger partial charge in [-0.25, -0.2) is 0 Å². The molecule has 17 heavy (non-hydrogen) atoms. The molecule has 0 aromatic rings. The number of hydrogen-bond donors (Lipinski definition) is 2. The van der Waals surface area contributed by atoms with Crippen LogP contribution in [-0.2, 0) is 19.7 Å². The van der Waals surface area contributed by atoms with Gasteiger partial charge in [-0.05, 0) is 0 Å². The van der Waals surface area contributed by atoms with Crippen LogP contribution in [0.1, 0.15) is 13.8 Å². The fraction of sp³-hybridized carbons (Fsp3) is 0.889. The van der Waals surface area contributed by atoms with Crippen LogP contribution in [0.4, 0.5) is 0 Å². The second-order valence-electron chi connectivity index (χ2n) is 3.80. The Morgan fingerprint density at radius 1 is 1.41 bits per heavy atom. The van der Waals surface area contributed by atoms with Gasteiger partial charge < -0.3 is 9.84 Å². The second kappa shape index (κ2) is 5.76. The van der Waals surface area contributed by atoms with Crippen molar-refractivity contribution in [2.24, 2.45) is 5.92 Å². The lowest BCUT2D eigenvalue weighted by Crippen LogP contribution is -2.49. The normalized spacial score (nSPS) is 25.4. The van der Waals surface area contributed by atoms with Crippen LogP contribution in [0.2, 0.25) is 0 Å². The Morgan fingerprint density at radius 3 is 2.47 bits per heavy atom. The highest BCUT2D eigenvalue weighted by Crippen LogP contribution is 2.15. The lowest BCUT2D eigenvalue weighted by atomic mass is 10.1. The van der Waals surface area contributed by atoms with Crippen LogP contribution in [0.15, 0.2) is 0 Å². The molecule has 0 aromatic heterocycles. The Morgan fingerprint density at radius 2 is 2.00 bits per heavy atom. The van der Waals surface area contributed by atoms with Crippen molar-refractivity contribution >= 4 is 16.2 Å². The molecule has 1 saturated heterocycles. The number of carboxylic acid groups (broad SMARTS) is 1. The molecule has 0 radical (unpaired) electrons. The topological polar surface area (TPSA) is 95.9 Å². The fourth-order valence-electron chi connectivity index (χ4n) is 1.74. The van der Waals surface area contributed by atoms with Crippen molar-refractivity contribution in [2.45, 2.75) is 19.9 Å². The van der Waals surface area contributed by atoms with Crippen molar-refractivity contribution in [3.8, 4) is 0 Å². The standard InChI is InChI=1S/C9H18N2O5S/c1-3-11(4-2)17(14,15)10-8-6-16-5-7(8)9(12)13/h7-8,10H,3-6H2,1-2H3,(H,12,13). The third-order valence-electron chi connectivity index (χ3n) is 2.74. The van der Waals surface area contributed by atoms with Crippen molar-refractivity contribution in [1.29, 1.82) is 0 Å². The molecule has 0 aliphatic carbocycles. The molecule has 2 N–H and O–H groups in total. The van der Waals surface area contributed by atoms with Crippen LogP contribution in [-0.4, -0.2) is 56.1 Å². The van der Waals surface area contributed by atoms with Gasteiger partial charge in [0.2, 0.25) is 0 Å². The zero-order valence-electron chi connectivity index (χ0n) is 9.92. The lowest BCUT2D eigenvalue weighted by molar-refractivity contribution is -0.142. The molecule has 8 heteroatoms. The molecule has 0 aromatic carbocycles. The summed E-state index contributed by atoms with van der Waals surface area (Å²) >= 11 is 0. The van der Waals surface area contributed by atoms with E-state index in [4.69, 9.17) is 9.84 Å². The van der Waals surface area contributed by atoms with Crippen LogP contribution in [0.3, 0.4) is 0 Å². The molecule has 1 heterocycles. The number of carboxylic acids is 1. The van der Waals surface area contributed by atoms with E-state index in [1.165, 1.54) is 4.31 Å². The minimum Gasteiger partial charge on any atom is -0.481 e. The van der Waals surface area contributed by atoms with Crippen molar-refractivity contribution < 1.29 is 23.1 Å². The van der Waals surface area contributed by atoms with E-state index in [1.807, 2.05) is 0 Å². The summed E-state index contributed by atoms with van der Waals surface area (Å²) in [5, 5.41) is 8.91. The van der Waals surface area contributed by atoms with Gasteiger partial charge in [-0.2, -0.15) is 17.4 Å². The van der Waals surface area contributed by atoms with Gasteiger partial charge in [0, 0.05) is 13.1 Å². The summed E-state index contributed by atoms with van der Waals surface area (Å²) in [7, 11) is -3.63. The maximum atomic E-state index is 11.9. The largest absolute Gasteiger partial charge is 0.481 e. The van der Waals surface area contributed by atoms with E-state index in [2.05, 4.69) is 4.72 Å². The molecule has 7 nitrogen and oxygen atoms in total. The molecule has 0 saturated carbocycles. The van der Waals surface area contributed by atoms with Crippen LogP contribution >= 0.6 is 0 Å². The van der Waals surface area contributed by atoms with Crippen LogP contribution in [0.5, 0.6) is 0 Å². The molecule has 2 unspecified atom stereocenters. The summed E-state index contributed by atoms with van der Waals surface area (Å²) in [5.74, 6) is -1.87. The quantitative estimate of drug-likeness (QED) is 0.660. The summed E-state index contributed by atoms with van der Waals surface area (Å²) in [6.07, 6.45) is 0. The van der Waals surface area contributed by atoms with Crippen molar-refractivity contribution in [1.82, 2.24) is 9.03 Å². The number of rotatable bonds is 6. The molecule has 0 spiro atoms. The molecule has 1 rings (SSSR count). The maximum absolute atomic E-state index is 11.9. The van der Waals surface area contributed by atoms with Gasteiger partial charge in [0.05, 0.1) is 25.2 Å². The van der Waals surface area contributed by atoms with E-state index in [9.17, 15) is 13.2 Å². The molecule has 0 bridgehead atoms. The van der Waals surface area contributed by atoms with Gasteiger partial charge in [-0.1, -0.05) is 13.8 Å². The number of ether oxygens (including phenoxy) is 1. The van der Waals surface area contributed by atoms with Gasteiger partial charge in [-0.15, -0.1) is 0 Å². The first-order valence-corrected chi connectivity index (χ1v) is 6.94. The van der Waals surface area contributed by atoms with Crippen LogP contribution in [0.25, 0.3) is 0 Å². The molecule has 1 aliphatic rings. The minimum atomic E-state index is -3.63. The summed E-state index contributed by atoms with van der Waals surface area (Å²) in [4.78, 5) is 10.9. The van der Waals surface area contributed by atoms with E-state index in [1.54, 1.807) is 13.8 Å². The number of aliphatic carboxylic acids is 1. The predicted octanol–water partition coefficient (Wildman–Crippen LogP) is -0.738. The summed E-state index contributed by atoms with van der Waals surface area (Å²) in [6.45, 7) is 4.28. The monoisotopic (exact) mass is 266 g/mol. The third kappa shape index (κ3) is 3.38. The Kier molecular flexibility index (Phi) is 4.87. The number of nitrogens with one attached hydrogen (secondary N) is 1. The highest BCUT2D eigenvalue weighted by Gasteiger charge is 2.37. The minimum absolute atomic E-state index is 0.0424. The Balaban J connectivity index is 2.73. The first-order valence-electron chi connectivity index (χ1n) is 5.50. The zero-order valence-corrected chi connectivity index (χ0v) is 10.7. The fourth-order valence-corrected chi connectivity index (χ4v) is 3.19. The molecular formula is C9H18N2O5S. The molecule has 1 fully saturated rings. The SMILES string of the molecule is CCN(CC)S(=O)(=O)NC1COCC1C(=O)O. The number of nitrogens with zero attached hydrogens (tertiary/aromatic N) is 1. The molecule has 2 atom stereocenters. The van der Waals surface area contributed by atoms with E-state index >= 15 is 0 Å². The maximum Gasteiger partial charge on any atom is 0.310 e. The molecule has 0 amide bonds. The first kappa shape index (κ1) is 14.4. The van der Waals surface area contributed by atoms with Gasteiger partial charge in [0.1, 0.15) is 0 Å². The van der Waals surface area contributed by atoms with Crippen molar-refractivity contribution in [3.05, 3.63) is 0 Å². The highest BCUT2D eigenvalue weighted by atomic mass is 32.2. The zero-order chi connectivity index (χ0) is 13.1. The summed E-state index contributed by atoms with van der Waals surface area (Å²) in [6, 6.07) is -0.696. The summed E-state index contributed by atoms with van der Waals surface area (Å²) < 4.78 is 32.4. The first-order chi connectivity index (χ1) is 7.92. The van der Waals surface area contributed by atoms with Crippen molar-refractivity contribution in [2.75, 3.05) is 26.3 Å². The highest BCUT2D eigenvalue weighted by molar-refractivity contribution is 7.87. The predicted molar refractivity (Wildman–Crippen MR) is 60.7 cm³/mol. The van der Waals surface area contributed by atoms with E-state index < -0.39 is 28.1 Å². The molecular weight excluding hydrogens is 248 g/mol. The van der Waals surface area contributed by atoms with Crippen LogP contribution < -0.4 is 4.72 Å². The Labute approximate surface area is 101 Å². The van der Waals surface area contributed by atoms with E-state index in [0.717, 1.165) is 0 Å². The average Bonchev–Trinajstić information content (AvgIpc) is 2.66. The third-order valence-corrected chi connectivity index (χ3v) is 4.54. The number of carbonyl (C=O) groups is 1. The van der Waals surface area contributed by atoms with Gasteiger partial charge in [-0.3, -0.25) is 4.79 Å². The lowest BCUT2D eigenvalue weighted by Gasteiger charge is -2.22. The smallest absolute Gasteiger partial charge is 0.310 e. The Hall–Kier alpha value is -0.700. The van der Waals surface area contributed by atoms with Gasteiger partial charge in [0.15, 0.2) is 0 Å². The summed E-state index contributed by atoms with van der Waals surface area (Å²) in [5.41, 5.74) is 0. The number of hydrogen-bond acceptors (Lipinski definition) is 4. The molecule has 1 aliphatic heterocycles.